The van der Waals surface area contributed by atoms with Gasteiger partial charge in [0.05, 0.1) is 6.54 Å². The number of anilines is 1. The summed E-state index contributed by atoms with van der Waals surface area (Å²) in [5, 5.41) is 0.415. The number of rotatable bonds is 7. The first-order valence-electron chi connectivity index (χ1n) is 14.7. The van der Waals surface area contributed by atoms with E-state index in [-0.39, 0.29) is 22.5 Å². The van der Waals surface area contributed by atoms with Crippen molar-refractivity contribution < 1.29 is 4.39 Å². The fourth-order valence-corrected chi connectivity index (χ4v) is 6.40. The number of nitrogens with zero attached hydrogens (tertiary/aromatic N) is 6. The van der Waals surface area contributed by atoms with Gasteiger partial charge in [-0.25, -0.2) is 14.4 Å². The number of nitrogens with one attached hydrogen (secondary N) is 1. The van der Waals surface area contributed by atoms with Gasteiger partial charge in [-0.15, -0.1) is 0 Å². The molecule has 3 aliphatic rings. The minimum absolute atomic E-state index is 0.176. The van der Waals surface area contributed by atoms with Gasteiger partial charge in [-0.05, 0) is 57.6 Å². The summed E-state index contributed by atoms with van der Waals surface area (Å²) >= 11 is 5.91. The summed E-state index contributed by atoms with van der Waals surface area (Å²) in [5.74, 6) is 1.39. The quantitative estimate of drug-likeness (QED) is 0.452. The number of halogens is 2. The number of hydrogen-bond acceptors (Lipinski definition) is 7. The molecule has 0 atom stereocenters. The topological polar surface area (TPSA) is 90.4 Å². The SMILES string of the molecule is C/C=C1\CN(c2nc3nc(CC4CC4)n(CC)c(=O)c3[nH]c2=O)CCN1C1CCN(Cc2ccc(Cl)cc2F)CC1. The lowest BCUT2D eigenvalue weighted by atomic mass is 10.00. The van der Waals surface area contributed by atoms with Gasteiger partial charge in [0.25, 0.3) is 11.1 Å². The van der Waals surface area contributed by atoms with Crippen LogP contribution in [0.5, 0.6) is 0 Å². The zero-order valence-electron chi connectivity index (χ0n) is 23.7. The molecule has 9 nitrogen and oxygen atoms in total. The van der Waals surface area contributed by atoms with Gasteiger partial charge in [-0.3, -0.25) is 19.1 Å². The second-order valence-electron chi connectivity index (χ2n) is 11.5. The van der Waals surface area contributed by atoms with Crippen LogP contribution in [0.4, 0.5) is 10.2 Å². The van der Waals surface area contributed by atoms with Crippen LogP contribution in [0.25, 0.3) is 11.2 Å². The van der Waals surface area contributed by atoms with Gasteiger partial charge >= 0.3 is 0 Å². The number of benzene rings is 1. The van der Waals surface area contributed by atoms with Crippen LogP contribution in [0, 0.1) is 11.7 Å². The van der Waals surface area contributed by atoms with Gasteiger partial charge in [0, 0.05) is 68.0 Å². The minimum atomic E-state index is -0.361. The monoisotopic (exact) mass is 581 g/mol. The van der Waals surface area contributed by atoms with Crippen LogP contribution >= 0.6 is 11.6 Å². The van der Waals surface area contributed by atoms with Crippen molar-refractivity contribution in [1.29, 1.82) is 0 Å². The van der Waals surface area contributed by atoms with E-state index in [1.807, 2.05) is 18.7 Å². The number of fused-ring (bicyclic) bond motifs is 1. The van der Waals surface area contributed by atoms with Crippen LogP contribution in [0.3, 0.4) is 0 Å². The van der Waals surface area contributed by atoms with Crippen LogP contribution in [-0.4, -0.2) is 68.1 Å². The molecular formula is C30H37ClFN7O2. The summed E-state index contributed by atoms with van der Waals surface area (Å²) in [5.41, 5.74) is 1.73. The van der Waals surface area contributed by atoms with Gasteiger partial charge in [0.1, 0.15) is 11.6 Å². The van der Waals surface area contributed by atoms with Crippen LogP contribution < -0.4 is 16.0 Å². The summed E-state index contributed by atoms with van der Waals surface area (Å²) in [4.78, 5) is 45.3. The maximum atomic E-state index is 14.3. The highest BCUT2D eigenvalue weighted by Crippen LogP contribution is 2.32. The Bertz CT molecular complexity index is 1590. The molecule has 2 saturated heterocycles. The Morgan fingerprint density at radius 1 is 1.10 bits per heavy atom. The fourth-order valence-electron chi connectivity index (χ4n) is 6.25. The van der Waals surface area contributed by atoms with Crippen molar-refractivity contribution in [2.45, 2.75) is 65.1 Å². The number of aromatic nitrogens is 4. The van der Waals surface area contributed by atoms with Gasteiger partial charge in [0.2, 0.25) is 0 Å². The van der Waals surface area contributed by atoms with Crippen LogP contribution in [0.15, 0.2) is 39.6 Å². The van der Waals surface area contributed by atoms with Gasteiger partial charge in [-0.1, -0.05) is 23.7 Å². The zero-order chi connectivity index (χ0) is 28.7. The maximum absolute atomic E-state index is 14.3. The third kappa shape index (κ3) is 5.77. The van der Waals surface area contributed by atoms with E-state index in [2.05, 4.69) is 25.8 Å². The summed E-state index contributed by atoms with van der Waals surface area (Å²) < 4.78 is 16.0. The Morgan fingerprint density at radius 2 is 1.88 bits per heavy atom. The van der Waals surface area contributed by atoms with Crippen LogP contribution in [-0.2, 0) is 19.5 Å². The van der Waals surface area contributed by atoms with E-state index in [0.29, 0.717) is 60.2 Å². The summed E-state index contributed by atoms with van der Waals surface area (Å²) in [6.07, 6.45) is 7.18. The lowest BCUT2D eigenvalue weighted by molar-refractivity contribution is 0.122. The molecular weight excluding hydrogens is 545 g/mol. The Kier molecular flexibility index (Phi) is 7.87. The molecule has 0 radical (unpaired) electrons. The highest BCUT2D eigenvalue weighted by molar-refractivity contribution is 6.30. The van der Waals surface area contributed by atoms with Gasteiger partial charge in [0.15, 0.2) is 17.0 Å². The smallest absolute Gasteiger partial charge is 0.291 e. The lowest BCUT2D eigenvalue weighted by Crippen LogP contribution is -2.52. The highest BCUT2D eigenvalue weighted by Gasteiger charge is 2.31. The Balaban J connectivity index is 1.15. The molecule has 3 aromatic rings. The largest absolute Gasteiger partial charge is 0.369 e. The number of piperidine rings is 1. The van der Waals surface area contributed by atoms with Crippen molar-refractivity contribution in [2.24, 2.45) is 5.92 Å². The fraction of sp³-hybridized carbons (Fsp3) is 0.533. The second kappa shape index (κ2) is 11.6. The molecule has 4 heterocycles. The molecule has 6 rings (SSSR count). The Morgan fingerprint density at radius 3 is 2.56 bits per heavy atom. The molecule has 0 bridgehead atoms. The predicted octanol–water partition coefficient (Wildman–Crippen LogP) is 3.94. The van der Waals surface area contributed by atoms with E-state index in [0.717, 1.165) is 63.3 Å². The highest BCUT2D eigenvalue weighted by atomic mass is 35.5. The molecule has 0 spiro atoms. The number of aromatic amines is 1. The zero-order valence-corrected chi connectivity index (χ0v) is 24.5. The van der Waals surface area contributed by atoms with Crippen LogP contribution in [0.1, 0.15) is 50.9 Å². The molecule has 1 saturated carbocycles. The predicted molar refractivity (Wildman–Crippen MR) is 159 cm³/mol. The molecule has 2 aliphatic heterocycles. The summed E-state index contributed by atoms with van der Waals surface area (Å²) in [7, 11) is 0. The van der Waals surface area contributed by atoms with Crippen molar-refractivity contribution >= 4 is 28.6 Å². The average Bonchev–Trinajstić information content (AvgIpc) is 3.79. The Hall–Kier alpha value is -3.24. The average molecular weight is 582 g/mol. The third-order valence-electron chi connectivity index (χ3n) is 8.74. The standard InChI is InChI=1S/C30H37ClFN7O2/c1-3-22-18-37(13-14-39(22)23-9-11-36(12-10-23)17-20-7-8-21(31)16-24(20)32)28-29(40)34-26-27(35-28)33-25(15-19-5-6-19)38(4-2)30(26)41/h3,7-8,16,19,23H,4-6,9-15,17-18H2,1-2H3,(H,34,40)/b22-3+. The molecule has 218 valence electrons. The van der Waals surface area contributed by atoms with Crippen molar-refractivity contribution in [1.82, 2.24) is 29.3 Å². The van der Waals surface area contributed by atoms with E-state index < -0.39 is 0 Å². The normalized spacial score (nSPS) is 20.0. The van der Waals surface area contributed by atoms with E-state index >= 15 is 0 Å². The first-order chi connectivity index (χ1) is 19.8. The Labute approximate surface area is 243 Å². The van der Waals surface area contributed by atoms with E-state index in [4.69, 9.17) is 16.6 Å². The number of hydrogen-bond donors (Lipinski definition) is 1. The van der Waals surface area contributed by atoms with E-state index in [1.54, 1.807) is 16.7 Å². The second-order valence-corrected chi connectivity index (χ2v) is 11.9. The molecule has 3 fully saturated rings. The number of H-pyrrole nitrogens is 1. The molecule has 0 unspecified atom stereocenters. The van der Waals surface area contributed by atoms with Crippen LogP contribution in [0.2, 0.25) is 5.02 Å². The molecule has 1 N–H and O–H groups in total. The summed E-state index contributed by atoms with van der Waals surface area (Å²) in [6.45, 7) is 8.81. The first-order valence-corrected chi connectivity index (χ1v) is 15.1. The lowest BCUT2D eigenvalue weighted by Gasteiger charge is -2.45. The molecule has 41 heavy (non-hydrogen) atoms. The van der Waals surface area contributed by atoms with Crippen molar-refractivity contribution in [3.8, 4) is 0 Å². The van der Waals surface area contributed by atoms with Gasteiger partial charge in [-0.2, -0.15) is 0 Å². The van der Waals surface area contributed by atoms with Crippen molar-refractivity contribution in [2.75, 3.05) is 37.6 Å². The third-order valence-corrected chi connectivity index (χ3v) is 8.97. The molecule has 2 aromatic heterocycles. The molecule has 1 aromatic carbocycles. The minimum Gasteiger partial charge on any atom is -0.369 e. The van der Waals surface area contributed by atoms with Crippen molar-refractivity contribution in [3.05, 3.63) is 72.9 Å². The summed E-state index contributed by atoms with van der Waals surface area (Å²) in [6, 6.07) is 5.27. The number of allylic oxidation sites excluding steroid dienone is 1. The molecule has 11 heteroatoms. The number of piperazine rings is 1. The maximum Gasteiger partial charge on any atom is 0.291 e. The number of likely N-dealkylation sites (tertiary alicyclic amines) is 1. The van der Waals surface area contributed by atoms with Gasteiger partial charge < -0.3 is 14.8 Å². The van der Waals surface area contributed by atoms with Crippen molar-refractivity contribution in [3.63, 3.8) is 0 Å². The molecule has 0 amide bonds. The van der Waals surface area contributed by atoms with E-state index in [1.165, 1.54) is 6.07 Å². The van der Waals surface area contributed by atoms with E-state index in [9.17, 15) is 14.0 Å². The first kappa shape index (κ1) is 27.9. The molecule has 1 aliphatic carbocycles.